The molecule has 1 atom stereocenters. The summed E-state index contributed by atoms with van der Waals surface area (Å²) in [5, 5.41) is 2.90. The van der Waals surface area contributed by atoms with Crippen molar-refractivity contribution in [2.75, 3.05) is 0 Å². The monoisotopic (exact) mass is 410 g/mol. The number of imide groups is 1. The van der Waals surface area contributed by atoms with E-state index >= 15 is 0 Å². The molecule has 1 aliphatic rings. The third-order valence-electron chi connectivity index (χ3n) is 4.03. The molecule has 7 heteroatoms. The number of amides is 3. The molecule has 0 saturated carbocycles. The molecular formula is C17H13BrClFN2O2. The van der Waals surface area contributed by atoms with Crippen molar-refractivity contribution >= 4 is 39.5 Å². The lowest BCUT2D eigenvalue weighted by molar-refractivity contribution is -0.131. The first-order valence-corrected chi connectivity index (χ1v) is 8.33. The van der Waals surface area contributed by atoms with Crippen LogP contribution < -0.4 is 5.32 Å². The zero-order valence-corrected chi connectivity index (χ0v) is 15.0. The van der Waals surface area contributed by atoms with Crippen molar-refractivity contribution in [2.45, 2.75) is 19.0 Å². The molecule has 1 aliphatic heterocycles. The van der Waals surface area contributed by atoms with Crippen LogP contribution in [0.5, 0.6) is 0 Å². The van der Waals surface area contributed by atoms with Crippen molar-refractivity contribution in [1.82, 2.24) is 10.2 Å². The Morgan fingerprint density at radius 1 is 1.25 bits per heavy atom. The predicted molar refractivity (Wildman–Crippen MR) is 92.0 cm³/mol. The molecule has 0 aliphatic carbocycles. The highest BCUT2D eigenvalue weighted by atomic mass is 79.9. The molecule has 24 heavy (non-hydrogen) atoms. The zero-order valence-electron chi connectivity index (χ0n) is 12.6. The fraction of sp³-hybridized carbons (Fsp3) is 0.176. The topological polar surface area (TPSA) is 49.4 Å². The van der Waals surface area contributed by atoms with Crippen LogP contribution in [0.2, 0.25) is 5.02 Å². The van der Waals surface area contributed by atoms with Gasteiger partial charge in [0.2, 0.25) is 0 Å². The molecule has 3 amide bonds. The third-order valence-corrected chi connectivity index (χ3v) is 5.07. The summed E-state index contributed by atoms with van der Waals surface area (Å²) >= 11 is 9.41. The van der Waals surface area contributed by atoms with Gasteiger partial charge in [-0.1, -0.05) is 51.8 Å². The first-order valence-electron chi connectivity index (χ1n) is 7.16. The van der Waals surface area contributed by atoms with E-state index in [1.807, 2.05) is 6.07 Å². The zero-order chi connectivity index (χ0) is 17.5. The summed E-state index contributed by atoms with van der Waals surface area (Å²) in [6.07, 6.45) is 0. The van der Waals surface area contributed by atoms with E-state index in [1.54, 1.807) is 25.1 Å². The van der Waals surface area contributed by atoms with E-state index in [0.29, 0.717) is 11.1 Å². The van der Waals surface area contributed by atoms with Gasteiger partial charge in [0, 0.05) is 15.1 Å². The van der Waals surface area contributed by atoms with Crippen molar-refractivity contribution in [2.24, 2.45) is 0 Å². The molecule has 0 unspecified atom stereocenters. The quantitative estimate of drug-likeness (QED) is 0.769. The van der Waals surface area contributed by atoms with Crippen molar-refractivity contribution in [1.29, 1.82) is 0 Å². The number of hydrogen-bond acceptors (Lipinski definition) is 2. The van der Waals surface area contributed by atoms with E-state index < -0.39 is 17.4 Å². The summed E-state index contributed by atoms with van der Waals surface area (Å²) in [7, 11) is 0. The lowest BCUT2D eigenvalue weighted by atomic mass is 9.92. The SMILES string of the molecule is C[C@]1(c2ccccc2Br)NC(=O)N(Cc2ccc(F)cc2Cl)C1=O. The number of nitrogens with zero attached hydrogens (tertiary/aromatic N) is 1. The Morgan fingerprint density at radius 2 is 1.96 bits per heavy atom. The van der Waals surface area contributed by atoms with Gasteiger partial charge in [-0.05, 0) is 30.7 Å². The molecule has 0 radical (unpaired) electrons. The maximum atomic E-state index is 13.2. The predicted octanol–water partition coefficient (Wildman–Crippen LogP) is 4.21. The van der Waals surface area contributed by atoms with Crippen molar-refractivity contribution in [3.05, 3.63) is 68.9 Å². The Balaban J connectivity index is 1.93. The first kappa shape index (κ1) is 16.9. The normalized spacial score (nSPS) is 20.4. The molecule has 0 bridgehead atoms. The molecular weight excluding hydrogens is 399 g/mol. The van der Waals surface area contributed by atoms with Crippen LogP contribution in [-0.2, 0) is 16.9 Å². The Kier molecular flexibility index (Phi) is 4.36. The van der Waals surface area contributed by atoms with E-state index in [9.17, 15) is 14.0 Å². The molecule has 1 heterocycles. The largest absolute Gasteiger partial charge is 0.325 e. The Labute approximate surface area is 151 Å². The Hall–Kier alpha value is -1.92. The summed E-state index contributed by atoms with van der Waals surface area (Å²) in [5.74, 6) is -0.862. The van der Waals surface area contributed by atoms with E-state index in [0.717, 1.165) is 15.4 Å². The molecule has 3 rings (SSSR count). The van der Waals surface area contributed by atoms with Gasteiger partial charge < -0.3 is 5.32 Å². The van der Waals surface area contributed by atoms with Gasteiger partial charge in [-0.2, -0.15) is 0 Å². The first-order chi connectivity index (χ1) is 11.3. The van der Waals surface area contributed by atoms with Crippen molar-refractivity contribution in [3.8, 4) is 0 Å². The molecule has 4 nitrogen and oxygen atoms in total. The van der Waals surface area contributed by atoms with E-state index in [-0.39, 0.29) is 17.5 Å². The maximum absolute atomic E-state index is 13.2. The average Bonchev–Trinajstić information content (AvgIpc) is 2.74. The molecule has 1 N–H and O–H groups in total. The number of benzene rings is 2. The number of carbonyl (C=O) groups excluding carboxylic acids is 2. The highest BCUT2D eigenvalue weighted by molar-refractivity contribution is 9.10. The Morgan fingerprint density at radius 3 is 2.62 bits per heavy atom. The van der Waals surface area contributed by atoms with Crippen LogP contribution >= 0.6 is 27.5 Å². The maximum Gasteiger partial charge on any atom is 0.325 e. The minimum absolute atomic E-state index is 0.0240. The van der Waals surface area contributed by atoms with Gasteiger partial charge in [-0.25, -0.2) is 9.18 Å². The molecule has 1 saturated heterocycles. The van der Waals surface area contributed by atoms with Gasteiger partial charge in [0.25, 0.3) is 5.91 Å². The number of rotatable bonds is 3. The highest BCUT2D eigenvalue weighted by Gasteiger charge is 2.49. The summed E-state index contributed by atoms with van der Waals surface area (Å²) < 4.78 is 13.9. The second kappa shape index (κ2) is 6.18. The lowest BCUT2D eigenvalue weighted by Crippen LogP contribution is -2.41. The summed E-state index contributed by atoms with van der Waals surface area (Å²) in [5.41, 5.74) is -0.0158. The molecule has 1 fully saturated rings. The van der Waals surface area contributed by atoms with Crippen molar-refractivity contribution in [3.63, 3.8) is 0 Å². The van der Waals surface area contributed by atoms with Crippen LogP contribution in [0.3, 0.4) is 0 Å². The number of nitrogens with one attached hydrogen (secondary N) is 1. The molecule has 2 aromatic rings. The molecule has 0 aromatic heterocycles. The van der Waals surface area contributed by atoms with Crippen LogP contribution in [0.15, 0.2) is 46.9 Å². The summed E-state index contributed by atoms with van der Waals surface area (Å²) in [6.45, 7) is 1.63. The lowest BCUT2D eigenvalue weighted by Gasteiger charge is -2.23. The van der Waals surface area contributed by atoms with Gasteiger partial charge in [0.15, 0.2) is 0 Å². The van der Waals surface area contributed by atoms with Crippen LogP contribution in [0.25, 0.3) is 0 Å². The van der Waals surface area contributed by atoms with E-state index in [4.69, 9.17) is 11.6 Å². The van der Waals surface area contributed by atoms with Gasteiger partial charge in [0.05, 0.1) is 6.54 Å². The smallest absolute Gasteiger partial charge is 0.319 e. The van der Waals surface area contributed by atoms with Gasteiger partial charge in [-0.15, -0.1) is 0 Å². The van der Waals surface area contributed by atoms with Gasteiger partial charge in [0.1, 0.15) is 11.4 Å². The second-order valence-electron chi connectivity index (χ2n) is 5.66. The van der Waals surface area contributed by atoms with Crippen LogP contribution in [0.1, 0.15) is 18.1 Å². The number of carbonyl (C=O) groups is 2. The third kappa shape index (κ3) is 2.80. The average molecular weight is 412 g/mol. The molecule has 0 spiro atoms. The number of halogens is 3. The number of urea groups is 1. The molecule has 2 aromatic carbocycles. The van der Waals surface area contributed by atoms with E-state index in [2.05, 4.69) is 21.2 Å². The van der Waals surface area contributed by atoms with Gasteiger partial charge in [-0.3, -0.25) is 9.69 Å². The second-order valence-corrected chi connectivity index (χ2v) is 6.92. The van der Waals surface area contributed by atoms with Gasteiger partial charge >= 0.3 is 6.03 Å². The highest BCUT2D eigenvalue weighted by Crippen LogP contribution is 2.34. The number of hydrogen-bond donors (Lipinski definition) is 1. The fourth-order valence-corrected chi connectivity index (χ4v) is 3.62. The summed E-state index contributed by atoms with van der Waals surface area (Å²) in [6, 6.07) is 10.6. The minimum atomic E-state index is -1.18. The van der Waals surface area contributed by atoms with Crippen LogP contribution in [0.4, 0.5) is 9.18 Å². The standard InChI is InChI=1S/C17H13BrClFN2O2/c1-17(12-4-2-3-5-13(12)18)15(23)22(16(24)21-17)9-10-6-7-11(20)8-14(10)19/h2-8H,9H2,1H3,(H,21,24)/t17-/m1/s1. The Bertz CT molecular complexity index is 845. The van der Waals surface area contributed by atoms with Crippen LogP contribution in [-0.4, -0.2) is 16.8 Å². The van der Waals surface area contributed by atoms with Crippen LogP contribution in [0, 0.1) is 5.82 Å². The summed E-state index contributed by atoms with van der Waals surface area (Å²) in [4.78, 5) is 26.3. The van der Waals surface area contributed by atoms with E-state index in [1.165, 1.54) is 12.1 Å². The van der Waals surface area contributed by atoms with Crippen molar-refractivity contribution < 1.29 is 14.0 Å². The minimum Gasteiger partial charge on any atom is -0.319 e. The molecule has 124 valence electrons. The fourth-order valence-electron chi connectivity index (χ4n) is 2.71.